The molecule has 0 aliphatic carbocycles. The highest BCUT2D eigenvalue weighted by Gasteiger charge is 2.21. The van der Waals surface area contributed by atoms with Crippen LogP contribution in [-0.2, 0) is 4.79 Å². The molecule has 0 aromatic heterocycles. The summed E-state index contributed by atoms with van der Waals surface area (Å²) in [5, 5.41) is 6.68. The zero-order valence-electron chi connectivity index (χ0n) is 15.7. The molecule has 0 spiro atoms. The van der Waals surface area contributed by atoms with E-state index in [4.69, 9.17) is 23.2 Å². The molecule has 1 aliphatic rings. The fourth-order valence-electron chi connectivity index (χ4n) is 3.13. The maximum absolute atomic E-state index is 12.7. The van der Waals surface area contributed by atoms with E-state index in [0.29, 0.717) is 32.9 Å². The van der Waals surface area contributed by atoms with Crippen LogP contribution in [0.3, 0.4) is 0 Å². The summed E-state index contributed by atoms with van der Waals surface area (Å²) >= 11 is 12.0. The Labute approximate surface area is 175 Å². The van der Waals surface area contributed by atoms with E-state index in [9.17, 15) is 9.59 Å². The Morgan fingerprint density at radius 1 is 1.11 bits per heavy atom. The Kier molecular flexibility index (Phi) is 6.81. The van der Waals surface area contributed by atoms with Crippen LogP contribution in [0.15, 0.2) is 42.5 Å². The number of carbonyl (C=O) groups is 2. The second-order valence-corrected chi connectivity index (χ2v) is 7.93. The monoisotopic (exact) mass is 419 g/mol. The number of nitrogens with zero attached hydrogens (tertiary/aromatic N) is 1. The summed E-state index contributed by atoms with van der Waals surface area (Å²) in [6, 6.07) is 12.1. The summed E-state index contributed by atoms with van der Waals surface area (Å²) in [6.07, 6.45) is 2.08. The number of hydrogen-bond donors (Lipinski definition) is 2. The highest BCUT2D eigenvalue weighted by molar-refractivity contribution is 6.35. The average molecular weight is 420 g/mol. The van der Waals surface area contributed by atoms with Crippen molar-refractivity contribution in [2.45, 2.75) is 19.8 Å². The van der Waals surface area contributed by atoms with Gasteiger partial charge in [0.15, 0.2) is 0 Å². The third-order valence-electron chi connectivity index (χ3n) is 4.84. The first-order valence-corrected chi connectivity index (χ1v) is 10.1. The van der Waals surface area contributed by atoms with Crippen molar-refractivity contribution in [3.8, 4) is 0 Å². The number of piperidine rings is 1. The SMILES string of the molecule is CC1CCN(C(=O)c2cccc(NCC(=O)Nc3cc(Cl)ccc3Cl)c2)CC1. The molecule has 148 valence electrons. The summed E-state index contributed by atoms with van der Waals surface area (Å²) in [5.41, 5.74) is 1.80. The first-order chi connectivity index (χ1) is 13.4. The van der Waals surface area contributed by atoms with E-state index in [2.05, 4.69) is 17.6 Å². The number of hydrogen-bond acceptors (Lipinski definition) is 3. The summed E-state index contributed by atoms with van der Waals surface area (Å²) in [4.78, 5) is 26.8. The predicted molar refractivity (Wildman–Crippen MR) is 114 cm³/mol. The molecule has 28 heavy (non-hydrogen) atoms. The van der Waals surface area contributed by atoms with E-state index in [1.54, 1.807) is 30.3 Å². The van der Waals surface area contributed by atoms with Crippen LogP contribution in [-0.4, -0.2) is 36.3 Å². The lowest BCUT2D eigenvalue weighted by Gasteiger charge is -2.30. The molecule has 0 unspecified atom stereocenters. The van der Waals surface area contributed by atoms with Gasteiger partial charge in [0.25, 0.3) is 5.91 Å². The van der Waals surface area contributed by atoms with Gasteiger partial charge in [-0.3, -0.25) is 9.59 Å². The molecule has 0 bridgehead atoms. The molecule has 1 heterocycles. The molecule has 0 radical (unpaired) electrons. The van der Waals surface area contributed by atoms with Crippen molar-refractivity contribution in [2.24, 2.45) is 5.92 Å². The molecule has 2 aromatic carbocycles. The quantitative estimate of drug-likeness (QED) is 0.722. The van der Waals surface area contributed by atoms with Gasteiger partial charge in [0.1, 0.15) is 0 Å². The average Bonchev–Trinajstić information content (AvgIpc) is 2.69. The van der Waals surface area contributed by atoms with Crippen molar-refractivity contribution in [2.75, 3.05) is 30.3 Å². The second-order valence-electron chi connectivity index (χ2n) is 7.08. The van der Waals surface area contributed by atoms with E-state index in [1.807, 2.05) is 17.0 Å². The fourth-order valence-corrected chi connectivity index (χ4v) is 3.46. The molecule has 1 fully saturated rings. The van der Waals surface area contributed by atoms with E-state index in [-0.39, 0.29) is 18.4 Å². The topological polar surface area (TPSA) is 61.4 Å². The minimum Gasteiger partial charge on any atom is -0.376 e. The van der Waals surface area contributed by atoms with Crippen molar-refractivity contribution in [1.29, 1.82) is 0 Å². The molecule has 0 atom stereocenters. The molecular weight excluding hydrogens is 397 g/mol. The lowest BCUT2D eigenvalue weighted by Crippen LogP contribution is -2.37. The standard InChI is InChI=1S/C21H23Cl2N3O2/c1-14-7-9-26(10-8-14)21(28)15-3-2-4-17(11-15)24-13-20(27)25-19-12-16(22)5-6-18(19)23/h2-6,11-12,14,24H,7-10,13H2,1H3,(H,25,27). The van der Waals surface area contributed by atoms with Crippen LogP contribution < -0.4 is 10.6 Å². The minimum atomic E-state index is -0.258. The Hall–Kier alpha value is -2.24. The van der Waals surface area contributed by atoms with E-state index in [0.717, 1.165) is 25.9 Å². The van der Waals surface area contributed by atoms with Crippen molar-refractivity contribution in [1.82, 2.24) is 4.90 Å². The van der Waals surface area contributed by atoms with Gasteiger partial charge in [-0.1, -0.05) is 36.2 Å². The number of amides is 2. The van der Waals surface area contributed by atoms with E-state index >= 15 is 0 Å². The molecule has 2 N–H and O–H groups in total. The third-order valence-corrected chi connectivity index (χ3v) is 5.40. The number of halogens is 2. The number of nitrogens with one attached hydrogen (secondary N) is 2. The lowest BCUT2D eigenvalue weighted by molar-refractivity contribution is -0.114. The summed E-state index contributed by atoms with van der Waals surface area (Å²) in [7, 11) is 0. The maximum Gasteiger partial charge on any atom is 0.253 e. The van der Waals surface area contributed by atoms with Crippen molar-refractivity contribution in [3.63, 3.8) is 0 Å². The third kappa shape index (κ3) is 5.40. The van der Waals surface area contributed by atoms with Crippen LogP contribution >= 0.6 is 23.2 Å². The van der Waals surface area contributed by atoms with Gasteiger partial charge in [0.2, 0.25) is 5.91 Å². The molecular formula is C21H23Cl2N3O2. The predicted octanol–water partition coefficient (Wildman–Crippen LogP) is 4.92. The van der Waals surface area contributed by atoms with Crippen LogP contribution in [0.25, 0.3) is 0 Å². The van der Waals surface area contributed by atoms with Gasteiger partial charge in [-0.25, -0.2) is 0 Å². The van der Waals surface area contributed by atoms with Gasteiger partial charge >= 0.3 is 0 Å². The zero-order valence-corrected chi connectivity index (χ0v) is 17.2. The fraction of sp³-hybridized carbons (Fsp3) is 0.333. The van der Waals surface area contributed by atoms with Gasteiger partial charge in [-0.2, -0.15) is 0 Å². The smallest absolute Gasteiger partial charge is 0.253 e. The molecule has 2 amide bonds. The van der Waals surface area contributed by atoms with E-state index < -0.39 is 0 Å². The van der Waals surface area contributed by atoms with Gasteiger partial charge in [0.05, 0.1) is 17.3 Å². The van der Waals surface area contributed by atoms with Crippen LogP contribution in [0, 0.1) is 5.92 Å². The summed E-state index contributed by atoms with van der Waals surface area (Å²) < 4.78 is 0. The summed E-state index contributed by atoms with van der Waals surface area (Å²) in [5.74, 6) is 0.445. The lowest BCUT2D eigenvalue weighted by atomic mass is 9.98. The van der Waals surface area contributed by atoms with Crippen LogP contribution in [0.2, 0.25) is 10.0 Å². The van der Waals surface area contributed by atoms with Crippen molar-refractivity contribution < 1.29 is 9.59 Å². The van der Waals surface area contributed by atoms with Gasteiger partial charge < -0.3 is 15.5 Å². The summed E-state index contributed by atoms with van der Waals surface area (Å²) in [6.45, 7) is 3.84. The molecule has 0 saturated carbocycles. The molecule has 1 saturated heterocycles. The van der Waals surface area contributed by atoms with Crippen molar-refractivity contribution >= 4 is 46.4 Å². The molecule has 2 aromatic rings. The maximum atomic E-state index is 12.7. The first kappa shape index (κ1) is 20.5. The van der Waals surface area contributed by atoms with Crippen LogP contribution in [0.1, 0.15) is 30.1 Å². The van der Waals surface area contributed by atoms with Gasteiger partial charge in [0, 0.05) is 29.4 Å². The van der Waals surface area contributed by atoms with Gasteiger partial charge in [-0.15, -0.1) is 0 Å². The molecule has 7 heteroatoms. The number of carbonyl (C=O) groups excluding carboxylic acids is 2. The first-order valence-electron chi connectivity index (χ1n) is 9.30. The van der Waals surface area contributed by atoms with Crippen LogP contribution in [0.5, 0.6) is 0 Å². The van der Waals surface area contributed by atoms with E-state index in [1.165, 1.54) is 0 Å². The molecule has 3 rings (SSSR count). The highest BCUT2D eigenvalue weighted by Crippen LogP contribution is 2.25. The number of rotatable bonds is 5. The molecule has 1 aliphatic heterocycles. The van der Waals surface area contributed by atoms with Gasteiger partial charge in [-0.05, 0) is 55.2 Å². The van der Waals surface area contributed by atoms with Crippen LogP contribution in [0.4, 0.5) is 11.4 Å². The Balaban J connectivity index is 1.57. The second kappa shape index (κ2) is 9.30. The van der Waals surface area contributed by atoms with Crippen molar-refractivity contribution in [3.05, 3.63) is 58.1 Å². The normalized spacial score (nSPS) is 14.6. The minimum absolute atomic E-state index is 0.0331. The zero-order chi connectivity index (χ0) is 20.1. The Bertz CT molecular complexity index is 864. The number of likely N-dealkylation sites (tertiary alicyclic amines) is 1. The number of benzene rings is 2. The largest absolute Gasteiger partial charge is 0.376 e. The number of anilines is 2. The molecule has 5 nitrogen and oxygen atoms in total. The highest BCUT2D eigenvalue weighted by atomic mass is 35.5. The Morgan fingerprint density at radius 2 is 1.86 bits per heavy atom. The Morgan fingerprint density at radius 3 is 2.61 bits per heavy atom.